The highest BCUT2D eigenvalue weighted by Gasteiger charge is 1.98. The number of nitrogens with zero attached hydrogens (tertiary/aromatic N) is 1. The normalized spacial score (nSPS) is 10.2. The summed E-state index contributed by atoms with van der Waals surface area (Å²) in [6, 6.07) is 14.1. The minimum atomic E-state index is -0.398. The molecule has 0 heterocycles. The molecular weight excluding hydrogens is 227 g/mol. The van der Waals surface area contributed by atoms with Crippen LogP contribution in [-0.4, -0.2) is 6.21 Å². The van der Waals surface area contributed by atoms with Gasteiger partial charge in [-0.25, -0.2) is 4.39 Å². The van der Waals surface area contributed by atoms with Crippen LogP contribution in [-0.2, 0) is 0 Å². The summed E-state index contributed by atoms with van der Waals surface area (Å²) in [5.41, 5.74) is 4.73. The van der Waals surface area contributed by atoms with Gasteiger partial charge in [0, 0.05) is 0 Å². The Bertz CT molecular complexity index is 598. The molecule has 88 valence electrons. The lowest BCUT2D eigenvalue weighted by Crippen LogP contribution is -1.92. The van der Waals surface area contributed by atoms with E-state index in [-0.39, 0.29) is 5.56 Å². The van der Waals surface area contributed by atoms with Gasteiger partial charge in [-0.3, -0.25) is 5.43 Å². The van der Waals surface area contributed by atoms with Gasteiger partial charge >= 0.3 is 0 Å². The van der Waals surface area contributed by atoms with Crippen molar-refractivity contribution in [1.82, 2.24) is 0 Å². The molecule has 0 saturated heterocycles. The molecule has 3 heteroatoms. The van der Waals surface area contributed by atoms with Gasteiger partial charge in [0.05, 0.1) is 17.5 Å². The smallest absolute Gasteiger partial charge is 0.138 e. The molecule has 0 aliphatic carbocycles. The van der Waals surface area contributed by atoms with E-state index in [1.54, 1.807) is 18.3 Å². The number of benzene rings is 2. The second-order valence-electron chi connectivity index (χ2n) is 3.62. The molecule has 0 fully saturated rings. The molecule has 18 heavy (non-hydrogen) atoms. The first kappa shape index (κ1) is 11.9. The van der Waals surface area contributed by atoms with Crippen LogP contribution in [0.25, 0.3) is 0 Å². The van der Waals surface area contributed by atoms with Crippen LogP contribution < -0.4 is 5.43 Å². The van der Waals surface area contributed by atoms with Crippen molar-refractivity contribution in [2.45, 2.75) is 0 Å². The highest BCUT2D eigenvalue weighted by atomic mass is 19.1. The quantitative estimate of drug-likeness (QED) is 0.495. The molecule has 0 aliphatic heterocycles. The molecule has 0 unspecified atom stereocenters. The third kappa shape index (κ3) is 2.96. The van der Waals surface area contributed by atoms with Crippen LogP contribution in [0.2, 0.25) is 0 Å². The molecule has 0 aromatic heterocycles. The van der Waals surface area contributed by atoms with Crippen molar-refractivity contribution >= 4 is 11.9 Å². The molecular formula is C15H11FN2. The molecule has 0 amide bonds. The lowest BCUT2D eigenvalue weighted by Gasteiger charge is -1.99. The van der Waals surface area contributed by atoms with Gasteiger partial charge in [-0.1, -0.05) is 30.2 Å². The van der Waals surface area contributed by atoms with Crippen LogP contribution in [0.1, 0.15) is 11.1 Å². The van der Waals surface area contributed by atoms with E-state index in [0.29, 0.717) is 0 Å². The van der Waals surface area contributed by atoms with E-state index in [9.17, 15) is 4.39 Å². The van der Waals surface area contributed by atoms with Crippen LogP contribution in [0.4, 0.5) is 10.1 Å². The molecule has 0 spiro atoms. The Kier molecular flexibility index (Phi) is 3.72. The third-order valence-electron chi connectivity index (χ3n) is 2.33. The Hall–Kier alpha value is -2.60. The first-order valence-corrected chi connectivity index (χ1v) is 5.40. The van der Waals surface area contributed by atoms with E-state index in [2.05, 4.69) is 16.4 Å². The maximum absolute atomic E-state index is 13.2. The summed E-state index contributed by atoms with van der Waals surface area (Å²) in [4.78, 5) is 0. The Morgan fingerprint density at radius 3 is 2.67 bits per heavy atom. The van der Waals surface area contributed by atoms with Crippen LogP contribution in [0.3, 0.4) is 0 Å². The molecule has 2 aromatic rings. The molecule has 2 aromatic carbocycles. The second kappa shape index (κ2) is 5.65. The van der Waals surface area contributed by atoms with E-state index < -0.39 is 5.82 Å². The average Bonchev–Trinajstić information content (AvgIpc) is 2.42. The van der Waals surface area contributed by atoms with Crippen molar-refractivity contribution in [3.8, 4) is 12.3 Å². The number of rotatable bonds is 3. The van der Waals surface area contributed by atoms with Gasteiger partial charge in [0.1, 0.15) is 5.82 Å². The molecule has 0 radical (unpaired) electrons. The van der Waals surface area contributed by atoms with E-state index in [1.165, 1.54) is 6.07 Å². The zero-order valence-corrected chi connectivity index (χ0v) is 9.60. The van der Waals surface area contributed by atoms with Crippen molar-refractivity contribution in [3.63, 3.8) is 0 Å². The molecule has 1 N–H and O–H groups in total. The number of halogens is 1. The fourth-order valence-electron chi connectivity index (χ4n) is 1.43. The summed E-state index contributed by atoms with van der Waals surface area (Å²) in [6.45, 7) is 0. The zero-order valence-electron chi connectivity index (χ0n) is 9.60. The van der Waals surface area contributed by atoms with Crippen LogP contribution in [0.5, 0.6) is 0 Å². The van der Waals surface area contributed by atoms with Crippen molar-refractivity contribution < 1.29 is 4.39 Å². The minimum absolute atomic E-state index is 0.235. The Labute approximate surface area is 105 Å². The summed E-state index contributed by atoms with van der Waals surface area (Å²) >= 11 is 0. The van der Waals surface area contributed by atoms with Gasteiger partial charge in [0.15, 0.2) is 0 Å². The summed E-state index contributed by atoms with van der Waals surface area (Å²) in [5.74, 6) is 1.89. The van der Waals surface area contributed by atoms with E-state index in [0.717, 1.165) is 11.3 Å². The summed E-state index contributed by atoms with van der Waals surface area (Å²) < 4.78 is 13.2. The first-order valence-electron chi connectivity index (χ1n) is 5.40. The predicted molar refractivity (Wildman–Crippen MR) is 72.0 cm³/mol. The number of nitrogens with one attached hydrogen (secondary N) is 1. The predicted octanol–water partition coefficient (Wildman–Crippen LogP) is 3.25. The second-order valence-corrected chi connectivity index (χ2v) is 3.62. The van der Waals surface area contributed by atoms with Gasteiger partial charge in [-0.05, 0) is 29.8 Å². The summed E-state index contributed by atoms with van der Waals surface area (Å²) in [5, 5.41) is 4.05. The van der Waals surface area contributed by atoms with Gasteiger partial charge in [0.2, 0.25) is 0 Å². The SMILES string of the molecule is C#Cc1cc(C=NNc2ccccc2)ccc1F. The van der Waals surface area contributed by atoms with Crippen molar-refractivity contribution in [3.05, 3.63) is 65.5 Å². The maximum Gasteiger partial charge on any atom is 0.138 e. The fraction of sp³-hybridized carbons (Fsp3) is 0. The van der Waals surface area contributed by atoms with Gasteiger partial charge in [0.25, 0.3) is 0 Å². The topological polar surface area (TPSA) is 24.4 Å². The number of hydrogen-bond donors (Lipinski definition) is 1. The number of terminal acetylenes is 1. The fourth-order valence-corrected chi connectivity index (χ4v) is 1.43. The first-order chi connectivity index (χ1) is 8.79. The lowest BCUT2D eigenvalue weighted by atomic mass is 10.1. The van der Waals surface area contributed by atoms with E-state index >= 15 is 0 Å². The monoisotopic (exact) mass is 238 g/mol. The Morgan fingerprint density at radius 2 is 1.94 bits per heavy atom. The van der Waals surface area contributed by atoms with Crippen LogP contribution in [0, 0.1) is 18.2 Å². The Morgan fingerprint density at radius 1 is 1.17 bits per heavy atom. The highest BCUT2D eigenvalue weighted by Crippen LogP contribution is 2.08. The molecule has 0 atom stereocenters. The molecule has 0 saturated carbocycles. The number of para-hydroxylation sites is 1. The molecule has 2 rings (SSSR count). The highest BCUT2D eigenvalue weighted by molar-refractivity contribution is 5.80. The van der Waals surface area contributed by atoms with E-state index in [1.807, 2.05) is 30.3 Å². The Balaban J connectivity index is 2.08. The number of anilines is 1. The standard InChI is InChI=1S/C15H11FN2/c1-2-13-10-12(8-9-15(13)16)11-17-18-14-6-4-3-5-7-14/h1,3-11,18H. The zero-order chi connectivity index (χ0) is 12.8. The van der Waals surface area contributed by atoms with Crippen molar-refractivity contribution in [2.24, 2.45) is 5.10 Å². The number of hydrogen-bond acceptors (Lipinski definition) is 2. The summed E-state index contributed by atoms with van der Waals surface area (Å²) in [6.07, 6.45) is 6.78. The van der Waals surface area contributed by atoms with Crippen molar-refractivity contribution in [2.75, 3.05) is 5.43 Å². The average molecular weight is 238 g/mol. The molecule has 0 bridgehead atoms. The molecule has 2 nitrogen and oxygen atoms in total. The minimum Gasteiger partial charge on any atom is -0.279 e. The third-order valence-corrected chi connectivity index (χ3v) is 2.33. The van der Waals surface area contributed by atoms with Gasteiger partial charge in [-0.15, -0.1) is 6.42 Å². The largest absolute Gasteiger partial charge is 0.279 e. The van der Waals surface area contributed by atoms with E-state index in [4.69, 9.17) is 6.42 Å². The van der Waals surface area contributed by atoms with Crippen molar-refractivity contribution in [1.29, 1.82) is 0 Å². The van der Waals surface area contributed by atoms with Crippen LogP contribution >= 0.6 is 0 Å². The van der Waals surface area contributed by atoms with Gasteiger partial charge < -0.3 is 0 Å². The summed E-state index contributed by atoms with van der Waals surface area (Å²) in [7, 11) is 0. The number of hydrazone groups is 1. The van der Waals surface area contributed by atoms with Crippen LogP contribution in [0.15, 0.2) is 53.6 Å². The maximum atomic E-state index is 13.2. The van der Waals surface area contributed by atoms with Gasteiger partial charge in [-0.2, -0.15) is 5.10 Å². The lowest BCUT2D eigenvalue weighted by molar-refractivity contribution is 0.624. The molecule has 0 aliphatic rings.